The SMILES string of the molecule is Cc1ccc(N(C)S(=O)(=O)c2cccc(C(=O)N3CCN(Cc4cc(C)no4)CC3)c2)cc1. The number of hydrogen-bond donors (Lipinski definition) is 0. The molecule has 8 nitrogen and oxygen atoms in total. The second-order valence-electron chi connectivity index (χ2n) is 8.34. The number of carbonyl (C=O) groups is 1. The molecule has 0 radical (unpaired) electrons. The van der Waals surface area contributed by atoms with Gasteiger partial charge in [0.2, 0.25) is 0 Å². The fourth-order valence-electron chi connectivity index (χ4n) is 3.84. The number of anilines is 1. The molecule has 9 heteroatoms. The minimum atomic E-state index is -3.79. The minimum absolute atomic E-state index is 0.0933. The summed E-state index contributed by atoms with van der Waals surface area (Å²) in [6, 6.07) is 15.4. The zero-order valence-electron chi connectivity index (χ0n) is 19.1. The molecule has 1 aliphatic heterocycles. The molecule has 1 fully saturated rings. The predicted molar refractivity (Wildman–Crippen MR) is 126 cm³/mol. The van der Waals surface area contributed by atoms with E-state index in [0.717, 1.165) is 17.0 Å². The molecule has 0 atom stereocenters. The van der Waals surface area contributed by atoms with Crippen molar-refractivity contribution < 1.29 is 17.7 Å². The van der Waals surface area contributed by atoms with Crippen molar-refractivity contribution in [3.05, 3.63) is 77.2 Å². The third-order valence-corrected chi connectivity index (χ3v) is 7.63. The summed E-state index contributed by atoms with van der Waals surface area (Å²) in [4.78, 5) is 17.2. The van der Waals surface area contributed by atoms with Crippen LogP contribution in [0.15, 0.2) is 64.0 Å². The van der Waals surface area contributed by atoms with Crippen LogP contribution in [0, 0.1) is 13.8 Å². The predicted octanol–water partition coefficient (Wildman–Crippen LogP) is 3.07. The van der Waals surface area contributed by atoms with E-state index >= 15 is 0 Å². The van der Waals surface area contributed by atoms with Crippen molar-refractivity contribution >= 4 is 21.6 Å². The quantitative estimate of drug-likeness (QED) is 0.553. The van der Waals surface area contributed by atoms with E-state index in [2.05, 4.69) is 10.1 Å². The molecule has 33 heavy (non-hydrogen) atoms. The average Bonchev–Trinajstić information content (AvgIpc) is 3.23. The first-order valence-corrected chi connectivity index (χ1v) is 12.3. The number of carbonyl (C=O) groups excluding carboxylic acids is 1. The van der Waals surface area contributed by atoms with Gasteiger partial charge in [0.1, 0.15) is 0 Å². The van der Waals surface area contributed by atoms with Gasteiger partial charge in [0.05, 0.1) is 22.8 Å². The summed E-state index contributed by atoms with van der Waals surface area (Å²) in [5, 5.41) is 3.91. The molecule has 0 unspecified atom stereocenters. The maximum absolute atomic E-state index is 13.2. The van der Waals surface area contributed by atoms with Crippen molar-refractivity contribution in [2.45, 2.75) is 25.3 Å². The van der Waals surface area contributed by atoms with Crippen LogP contribution in [0.25, 0.3) is 0 Å². The first-order chi connectivity index (χ1) is 15.7. The molecule has 3 aromatic rings. The highest BCUT2D eigenvalue weighted by atomic mass is 32.2. The Morgan fingerprint density at radius 2 is 1.73 bits per heavy atom. The Morgan fingerprint density at radius 3 is 2.36 bits per heavy atom. The van der Waals surface area contributed by atoms with Crippen molar-refractivity contribution in [1.82, 2.24) is 15.0 Å². The Kier molecular flexibility index (Phi) is 6.53. The number of nitrogens with zero attached hydrogens (tertiary/aromatic N) is 4. The van der Waals surface area contributed by atoms with Crippen LogP contribution >= 0.6 is 0 Å². The highest BCUT2D eigenvalue weighted by Gasteiger charge is 2.26. The lowest BCUT2D eigenvalue weighted by atomic mass is 10.2. The summed E-state index contributed by atoms with van der Waals surface area (Å²) in [5.41, 5.74) is 2.83. The average molecular weight is 469 g/mol. The van der Waals surface area contributed by atoms with Gasteiger partial charge in [-0.3, -0.25) is 14.0 Å². The van der Waals surface area contributed by atoms with Crippen molar-refractivity contribution in [3.8, 4) is 0 Å². The van der Waals surface area contributed by atoms with Crippen LogP contribution in [0.2, 0.25) is 0 Å². The molecule has 0 bridgehead atoms. The van der Waals surface area contributed by atoms with Crippen LogP contribution < -0.4 is 4.31 Å². The molecule has 1 saturated heterocycles. The Balaban J connectivity index is 1.44. The highest BCUT2D eigenvalue weighted by Crippen LogP contribution is 2.23. The second kappa shape index (κ2) is 9.36. The molecule has 174 valence electrons. The molecule has 1 amide bonds. The number of amides is 1. The summed E-state index contributed by atoms with van der Waals surface area (Å²) in [6.07, 6.45) is 0. The molecule has 4 rings (SSSR count). The minimum Gasteiger partial charge on any atom is -0.360 e. The molecule has 0 spiro atoms. The lowest BCUT2D eigenvalue weighted by molar-refractivity contribution is 0.0617. The van der Waals surface area contributed by atoms with Crippen LogP contribution in [0.4, 0.5) is 5.69 Å². The van der Waals surface area contributed by atoms with Gasteiger partial charge >= 0.3 is 0 Å². The van der Waals surface area contributed by atoms with E-state index in [1.165, 1.54) is 23.5 Å². The molecule has 0 aliphatic carbocycles. The van der Waals surface area contributed by atoms with Gasteiger partial charge in [0, 0.05) is 44.9 Å². The Morgan fingerprint density at radius 1 is 1.03 bits per heavy atom. The molecule has 1 aromatic heterocycles. The van der Waals surface area contributed by atoms with Crippen LogP contribution in [0.1, 0.15) is 27.4 Å². The number of aromatic nitrogens is 1. The maximum atomic E-state index is 13.2. The van der Waals surface area contributed by atoms with E-state index in [1.54, 1.807) is 29.2 Å². The van der Waals surface area contributed by atoms with Gasteiger partial charge < -0.3 is 9.42 Å². The van der Waals surface area contributed by atoms with Gasteiger partial charge in [-0.25, -0.2) is 8.42 Å². The monoisotopic (exact) mass is 468 g/mol. The smallest absolute Gasteiger partial charge is 0.264 e. The molecule has 2 aromatic carbocycles. The van der Waals surface area contributed by atoms with Crippen LogP contribution in [0.3, 0.4) is 0 Å². The van der Waals surface area contributed by atoms with Gasteiger partial charge in [-0.15, -0.1) is 0 Å². The number of sulfonamides is 1. The van der Waals surface area contributed by atoms with Crippen LogP contribution in [-0.4, -0.2) is 62.5 Å². The summed E-state index contributed by atoms with van der Waals surface area (Å²) in [7, 11) is -2.28. The fourth-order valence-corrected chi connectivity index (χ4v) is 5.09. The van der Waals surface area contributed by atoms with E-state index in [1.807, 2.05) is 32.0 Å². The zero-order valence-corrected chi connectivity index (χ0v) is 19.9. The lowest BCUT2D eigenvalue weighted by Gasteiger charge is -2.34. The summed E-state index contributed by atoms with van der Waals surface area (Å²) in [5.74, 6) is 0.642. The number of benzene rings is 2. The van der Waals surface area contributed by atoms with Gasteiger partial charge in [-0.05, 0) is 44.2 Å². The Labute approximate surface area is 194 Å². The molecule has 0 N–H and O–H groups in total. The second-order valence-corrected chi connectivity index (χ2v) is 10.3. The van der Waals surface area contributed by atoms with Gasteiger partial charge in [0.15, 0.2) is 5.76 Å². The standard InChI is InChI=1S/C24H28N4O4S/c1-18-7-9-21(10-8-18)26(3)33(30,31)23-6-4-5-20(16-23)24(29)28-13-11-27(12-14-28)17-22-15-19(2)25-32-22/h4-10,15-16H,11-14,17H2,1-3H3. The summed E-state index contributed by atoms with van der Waals surface area (Å²) in [6.45, 7) is 7.03. The van der Waals surface area contributed by atoms with E-state index in [-0.39, 0.29) is 10.8 Å². The zero-order chi connectivity index (χ0) is 23.6. The summed E-state index contributed by atoms with van der Waals surface area (Å²) < 4.78 is 32.9. The van der Waals surface area contributed by atoms with Crippen LogP contribution in [-0.2, 0) is 16.6 Å². The third-order valence-electron chi connectivity index (χ3n) is 5.85. The van der Waals surface area contributed by atoms with Crippen molar-refractivity contribution in [1.29, 1.82) is 0 Å². The molecule has 2 heterocycles. The molecule has 0 saturated carbocycles. The van der Waals surface area contributed by atoms with E-state index < -0.39 is 10.0 Å². The number of hydrogen-bond acceptors (Lipinski definition) is 6. The van der Waals surface area contributed by atoms with Crippen molar-refractivity contribution in [2.75, 3.05) is 37.5 Å². The first kappa shape index (κ1) is 23.0. The van der Waals surface area contributed by atoms with Crippen LogP contribution in [0.5, 0.6) is 0 Å². The Bertz CT molecular complexity index is 1230. The largest absolute Gasteiger partial charge is 0.360 e. The normalized spacial score (nSPS) is 14.9. The fraction of sp³-hybridized carbons (Fsp3) is 0.333. The number of rotatable bonds is 6. The van der Waals surface area contributed by atoms with Gasteiger partial charge in [-0.2, -0.15) is 0 Å². The number of aryl methyl sites for hydroxylation is 2. The molecular weight excluding hydrogens is 440 g/mol. The molecular formula is C24H28N4O4S. The summed E-state index contributed by atoms with van der Waals surface area (Å²) >= 11 is 0. The van der Waals surface area contributed by atoms with Crippen molar-refractivity contribution in [2.24, 2.45) is 0 Å². The van der Waals surface area contributed by atoms with Gasteiger partial charge in [-0.1, -0.05) is 28.9 Å². The van der Waals surface area contributed by atoms with Crippen molar-refractivity contribution in [3.63, 3.8) is 0 Å². The number of piperazine rings is 1. The van der Waals surface area contributed by atoms with E-state index in [9.17, 15) is 13.2 Å². The maximum Gasteiger partial charge on any atom is 0.264 e. The molecule has 1 aliphatic rings. The van der Waals surface area contributed by atoms with E-state index in [0.29, 0.717) is 44.0 Å². The first-order valence-electron chi connectivity index (χ1n) is 10.8. The topological polar surface area (TPSA) is 87.0 Å². The Hall–Kier alpha value is -3.17. The third kappa shape index (κ3) is 5.09. The lowest BCUT2D eigenvalue weighted by Crippen LogP contribution is -2.48. The van der Waals surface area contributed by atoms with Gasteiger partial charge in [0.25, 0.3) is 15.9 Å². The highest BCUT2D eigenvalue weighted by molar-refractivity contribution is 7.92. The van der Waals surface area contributed by atoms with E-state index in [4.69, 9.17) is 4.52 Å².